The Balaban J connectivity index is 2.45. The van der Waals surface area contributed by atoms with Crippen LogP contribution in [0.15, 0.2) is 18.3 Å². The number of carbonyl (C=O) groups is 1. The second-order valence-corrected chi connectivity index (χ2v) is 4.40. The molecule has 0 amide bonds. The number of aromatic nitrogens is 2. The summed E-state index contributed by atoms with van der Waals surface area (Å²) in [6.45, 7) is 0.901. The largest absolute Gasteiger partial charge is 0.497 e. The lowest BCUT2D eigenvalue weighted by Crippen LogP contribution is -2.09. The maximum atomic E-state index is 11.8. The SMILES string of the molecule is CNCCCc1nc(C(=O)OC)c2cc(OC)ccn12. The van der Waals surface area contributed by atoms with E-state index >= 15 is 0 Å². The summed E-state index contributed by atoms with van der Waals surface area (Å²) in [5, 5.41) is 3.10. The van der Waals surface area contributed by atoms with Gasteiger partial charge in [-0.1, -0.05) is 0 Å². The molecule has 1 N–H and O–H groups in total. The van der Waals surface area contributed by atoms with Gasteiger partial charge in [0.25, 0.3) is 0 Å². The molecule has 0 spiro atoms. The lowest BCUT2D eigenvalue weighted by Gasteiger charge is -2.03. The van der Waals surface area contributed by atoms with Crippen molar-refractivity contribution in [2.75, 3.05) is 27.8 Å². The average molecular weight is 277 g/mol. The van der Waals surface area contributed by atoms with E-state index in [9.17, 15) is 4.79 Å². The normalized spacial score (nSPS) is 10.8. The molecule has 0 radical (unpaired) electrons. The molecule has 2 heterocycles. The van der Waals surface area contributed by atoms with Gasteiger partial charge in [0.2, 0.25) is 0 Å². The second-order valence-electron chi connectivity index (χ2n) is 4.40. The van der Waals surface area contributed by atoms with Crippen LogP contribution in [-0.2, 0) is 11.2 Å². The van der Waals surface area contributed by atoms with Crippen LogP contribution < -0.4 is 10.1 Å². The zero-order valence-electron chi connectivity index (χ0n) is 12.0. The molecule has 6 nitrogen and oxygen atoms in total. The number of ether oxygens (including phenoxy) is 2. The molecular formula is C14H19N3O3. The van der Waals surface area contributed by atoms with Gasteiger partial charge < -0.3 is 19.2 Å². The summed E-state index contributed by atoms with van der Waals surface area (Å²) in [6.07, 6.45) is 3.59. The van der Waals surface area contributed by atoms with Crippen molar-refractivity contribution in [2.24, 2.45) is 0 Å². The van der Waals surface area contributed by atoms with Crippen molar-refractivity contribution >= 4 is 11.5 Å². The average Bonchev–Trinajstić information content (AvgIpc) is 2.84. The summed E-state index contributed by atoms with van der Waals surface area (Å²) in [5.74, 6) is 1.10. The van der Waals surface area contributed by atoms with Gasteiger partial charge in [-0.15, -0.1) is 0 Å². The molecule has 0 atom stereocenters. The standard InChI is InChI=1S/C14H19N3O3/c1-15-7-4-5-12-16-13(14(18)20-3)11-9-10(19-2)6-8-17(11)12/h6,8-9,15H,4-5,7H2,1-3H3. The Morgan fingerprint density at radius 3 is 2.90 bits per heavy atom. The van der Waals surface area contributed by atoms with Gasteiger partial charge in [-0.05, 0) is 26.1 Å². The molecule has 0 saturated carbocycles. The Kier molecular flexibility index (Phi) is 4.57. The highest BCUT2D eigenvalue weighted by Gasteiger charge is 2.18. The minimum absolute atomic E-state index is 0.325. The molecule has 0 aliphatic heterocycles. The first kappa shape index (κ1) is 14.3. The Hall–Kier alpha value is -2.08. The third-order valence-electron chi connectivity index (χ3n) is 3.13. The van der Waals surface area contributed by atoms with E-state index < -0.39 is 5.97 Å². The number of fused-ring (bicyclic) bond motifs is 1. The number of aryl methyl sites for hydroxylation is 1. The van der Waals surface area contributed by atoms with E-state index in [2.05, 4.69) is 10.3 Å². The first-order valence-electron chi connectivity index (χ1n) is 6.49. The van der Waals surface area contributed by atoms with Gasteiger partial charge in [0.05, 0.1) is 19.7 Å². The van der Waals surface area contributed by atoms with Crippen LogP contribution in [-0.4, -0.2) is 43.2 Å². The van der Waals surface area contributed by atoms with Crippen molar-refractivity contribution in [3.8, 4) is 5.75 Å². The Morgan fingerprint density at radius 2 is 2.25 bits per heavy atom. The number of esters is 1. The van der Waals surface area contributed by atoms with Gasteiger partial charge in [0.15, 0.2) is 5.69 Å². The minimum Gasteiger partial charge on any atom is -0.497 e. The highest BCUT2D eigenvalue weighted by molar-refractivity contribution is 5.95. The summed E-state index contributed by atoms with van der Waals surface area (Å²) in [6, 6.07) is 3.64. The molecule has 0 unspecified atom stereocenters. The molecule has 0 aliphatic carbocycles. The fourth-order valence-corrected chi connectivity index (χ4v) is 2.10. The predicted molar refractivity (Wildman–Crippen MR) is 75.3 cm³/mol. The molecule has 2 aromatic rings. The van der Waals surface area contributed by atoms with Gasteiger partial charge in [0.1, 0.15) is 11.6 Å². The van der Waals surface area contributed by atoms with Gasteiger partial charge >= 0.3 is 5.97 Å². The van der Waals surface area contributed by atoms with E-state index in [1.54, 1.807) is 13.2 Å². The van der Waals surface area contributed by atoms with E-state index in [0.29, 0.717) is 17.0 Å². The van der Waals surface area contributed by atoms with Crippen LogP contribution in [0.5, 0.6) is 5.75 Å². The predicted octanol–water partition coefficient (Wildman–Crippen LogP) is 1.28. The Labute approximate surface area is 117 Å². The number of nitrogens with zero attached hydrogens (tertiary/aromatic N) is 2. The van der Waals surface area contributed by atoms with Gasteiger partial charge in [-0.3, -0.25) is 0 Å². The summed E-state index contributed by atoms with van der Waals surface area (Å²) in [5.41, 5.74) is 1.03. The van der Waals surface area contributed by atoms with Crippen LogP contribution in [0.25, 0.3) is 5.52 Å². The van der Waals surface area contributed by atoms with Crippen molar-refractivity contribution in [1.82, 2.24) is 14.7 Å². The fourth-order valence-electron chi connectivity index (χ4n) is 2.10. The van der Waals surface area contributed by atoms with Crippen LogP contribution in [0.2, 0.25) is 0 Å². The number of rotatable bonds is 6. The van der Waals surface area contributed by atoms with Crippen LogP contribution in [0, 0.1) is 0 Å². The van der Waals surface area contributed by atoms with Crippen molar-refractivity contribution in [3.05, 3.63) is 29.8 Å². The van der Waals surface area contributed by atoms with Crippen LogP contribution in [0.4, 0.5) is 0 Å². The molecule has 6 heteroatoms. The smallest absolute Gasteiger partial charge is 0.358 e. The van der Waals surface area contributed by atoms with Crippen molar-refractivity contribution in [2.45, 2.75) is 12.8 Å². The van der Waals surface area contributed by atoms with Gasteiger partial charge in [-0.25, -0.2) is 9.78 Å². The van der Waals surface area contributed by atoms with E-state index in [4.69, 9.17) is 9.47 Å². The zero-order valence-corrected chi connectivity index (χ0v) is 12.0. The first-order valence-corrected chi connectivity index (χ1v) is 6.49. The highest BCUT2D eigenvalue weighted by Crippen LogP contribution is 2.20. The lowest BCUT2D eigenvalue weighted by atomic mass is 10.3. The second kappa shape index (κ2) is 6.38. The molecule has 20 heavy (non-hydrogen) atoms. The molecule has 2 aromatic heterocycles. The third-order valence-corrected chi connectivity index (χ3v) is 3.13. The van der Waals surface area contributed by atoms with Crippen molar-refractivity contribution in [3.63, 3.8) is 0 Å². The van der Waals surface area contributed by atoms with Crippen molar-refractivity contribution in [1.29, 1.82) is 0 Å². The maximum Gasteiger partial charge on any atom is 0.358 e. The topological polar surface area (TPSA) is 64.9 Å². The summed E-state index contributed by atoms with van der Waals surface area (Å²) in [7, 11) is 4.86. The Morgan fingerprint density at radius 1 is 1.45 bits per heavy atom. The first-order chi connectivity index (χ1) is 9.71. The zero-order chi connectivity index (χ0) is 14.5. The Bertz CT molecular complexity index is 607. The van der Waals surface area contributed by atoms with E-state index in [1.807, 2.05) is 23.7 Å². The molecular weight excluding hydrogens is 258 g/mol. The van der Waals surface area contributed by atoms with Gasteiger partial charge in [0, 0.05) is 18.7 Å². The number of imidazole rings is 1. The number of nitrogens with one attached hydrogen (secondary N) is 1. The number of pyridine rings is 1. The summed E-state index contributed by atoms with van der Waals surface area (Å²) < 4.78 is 11.9. The monoisotopic (exact) mass is 277 g/mol. The van der Waals surface area contributed by atoms with E-state index in [0.717, 1.165) is 25.2 Å². The van der Waals surface area contributed by atoms with Crippen LogP contribution in [0.1, 0.15) is 22.7 Å². The van der Waals surface area contributed by atoms with Crippen LogP contribution >= 0.6 is 0 Å². The summed E-state index contributed by atoms with van der Waals surface area (Å²) in [4.78, 5) is 16.2. The highest BCUT2D eigenvalue weighted by atomic mass is 16.5. The fraction of sp³-hybridized carbons (Fsp3) is 0.429. The molecule has 2 rings (SSSR count). The van der Waals surface area contributed by atoms with Crippen molar-refractivity contribution < 1.29 is 14.3 Å². The number of methoxy groups -OCH3 is 2. The number of hydrogen-bond acceptors (Lipinski definition) is 5. The molecule has 0 aromatic carbocycles. The summed E-state index contributed by atoms with van der Waals surface area (Å²) >= 11 is 0. The van der Waals surface area contributed by atoms with Gasteiger partial charge in [-0.2, -0.15) is 0 Å². The third kappa shape index (κ3) is 2.75. The minimum atomic E-state index is -0.435. The lowest BCUT2D eigenvalue weighted by molar-refractivity contribution is 0.0597. The van der Waals surface area contributed by atoms with E-state index in [1.165, 1.54) is 7.11 Å². The molecule has 108 valence electrons. The maximum absolute atomic E-state index is 11.8. The molecule has 0 aliphatic rings. The molecule has 0 saturated heterocycles. The number of carbonyl (C=O) groups excluding carboxylic acids is 1. The van der Waals surface area contributed by atoms with Crippen LogP contribution in [0.3, 0.4) is 0 Å². The quantitative estimate of drug-likeness (QED) is 0.636. The molecule has 0 bridgehead atoms. The number of hydrogen-bond donors (Lipinski definition) is 1. The van der Waals surface area contributed by atoms with E-state index in [-0.39, 0.29) is 0 Å². The molecule has 0 fully saturated rings.